The van der Waals surface area contributed by atoms with Gasteiger partial charge in [0, 0.05) is 6.61 Å². The Labute approximate surface area is 93.4 Å². The van der Waals surface area contributed by atoms with Crippen molar-refractivity contribution in [1.82, 2.24) is 9.97 Å². The van der Waals surface area contributed by atoms with Crippen LogP contribution in [-0.2, 0) is 11.3 Å². The van der Waals surface area contributed by atoms with E-state index in [0.29, 0.717) is 11.6 Å². The number of para-hydroxylation sites is 1. The first kappa shape index (κ1) is 10.5. The Hall–Kier alpha value is -1.06. The Kier molecular flexibility index (Phi) is 3.23. The van der Waals surface area contributed by atoms with Gasteiger partial charge in [-0.3, -0.25) is 0 Å². The molecule has 0 spiro atoms. The summed E-state index contributed by atoms with van der Waals surface area (Å²) in [6.07, 6.45) is 1.01. The molecule has 0 atom stereocenters. The van der Waals surface area contributed by atoms with Crippen LogP contribution in [0.1, 0.15) is 19.2 Å². The number of imidazole rings is 1. The molecule has 0 bridgehead atoms. The Morgan fingerprint density at radius 1 is 1.47 bits per heavy atom. The maximum atomic E-state index is 6.01. The molecule has 2 aromatic rings. The van der Waals surface area contributed by atoms with Gasteiger partial charge >= 0.3 is 0 Å². The van der Waals surface area contributed by atoms with Crippen LogP contribution in [0, 0.1) is 0 Å². The quantitative estimate of drug-likeness (QED) is 0.811. The van der Waals surface area contributed by atoms with Crippen molar-refractivity contribution < 1.29 is 4.74 Å². The van der Waals surface area contributed by atoms with E-state index in [9.17, 15) is 0 Å². The molecule has 0 radical (unpaired) electrons. The summed E-state index contributed by atoms with van der Waals surface area (Å²) >= 11 is 6.01. The predicted molar refractivity (Wildman–Crippen MR) is 61.1 cm³/mol. The number of fused-ring (bicyclic) bond motifs is 1. The Morgan fingerprint density at radius 3 is 3.07 bits per heavy atom. The zero-order valence-electron chi connectivity index (χ0n) is 8.59. The zero-order chi connectivity index (χ0) is 10.7. The van der Waals surface area contributed by atoms with Crippen LogP contribution in [-0.4, -0.2) is 16.6 Å². The summed E-state index contributed by atoms with van der Waals surface area (Å²) in [7, 11) is 0. The van der Waals surface area contributed by atoms with Crippen molar-refractivity contribution >= 4 is 22.6 Å². The normalized spacial score (nSPS) is 11.1. The van der Waals surface area contributed by atoms with E-state index in [-0.39, 0.29) is 0 Å². The van der Waals surface area contributed by atoms with Crippen LogP contribution >= 0.6 is 11.6 Å². The summed E-state index contributed by atoms with van der Waals surface area (Å²) in [4.78, 5) is 7.55. The number of aromatic nitrogens is 2. The Morgan fingerprint density at radius 2 is 2.33 bits per heavy atom. The van der Waals surface area contributed by atoms with E-state index < -0.39 is 0 Å². The standard InChI is InChI=1S/C11H13ClN2O/c1-2-6-15-7-10-13-9-5-3-4-8(12)11(9)14-10/h3-5H,2,6-7H2,1H3,(H,13,14). The highest BCUT2D eigenvalue weighted by atomic mass is 35.5. The molecule has 2 rings (SSSR count). The van der Waals surface area contributed by atoms with Crippen LogP contribution in [0.3, 0.4) is 0 Å². The lowest BCUT2D eigenvalue weighted by Gasteiger charge is -1.97. The molecular formula is C11H13ClN2O. The van der Waals surface area contributed by atoms with Crippen LogP contribution in [0.25, 0.3) is 11.0 Å². The fourth-order valence-corrected chi connectivity index (χ4v) is 1.65. The van der Waals surface area contributed by atoms with Crippen molar-refractivity contribution in [2.45, 2.75) is 20.0 Å². The minimum Gasteiger partial charge on any atom is -0.374 e. The summed E-state index contributed by atoms with van der Waals surface area (Å²) in [5.41, 5.74) is 1.77. The van der Waals surface area contributed by atoms with Crippen molar-refractivity contribution in [1.29, 1.82) is 0 Å². The monoisotopic (exact) mass is 224 g/mol. The van der Waals surface area contributed by atoms with Crippen molar-refractivity contribution in [2.75, 3.05) is 6.61 Å². The molecule has 4 heteroatoms. The third kappa shape index (κ3) is 2.30. The Bertz CT molecular complexity index is 453. The highest BCUT2D eigenvalue weighted by molar-refractivity contribution is 6.34. The molecular weight excluding hydrogens is 212 g/mol. The number of rotatable bonds is 4. The fraction of sp³-hybridized carbons (Fsp3) is 0.364. The molecule has 0 unspecified atom stereocenters. The van der Waals surface area contributed by atoms with Gasteiger partial charge in [-0.2, -0.15) is 0 Å². The summed E-state index contributed by atoms with van der Waals surface area (Å²) in [6, 6.07) is 5.69. The predicted octanol–water partition coefficient (Wildman–Crippen LogP) is 3.14. The van der Waals surface area contributed by atoms with E-state index in [1.54, 1.807) is 0 Å². The van der Waals surface area contributed by atoms with Gasteiger partial charge in [-0.25, -0.2) is 4.98 Å². The summed E-state index contributed by atoms with van der Waals surface area (Å²) in [5.74, 6) is 0.826. The van der Waals surface area contributed by atoms with E-state index in [4.69, 9.17) is 16.3 Å². The fourth-order valence-electron chi connectivity index (χ4n) is 1.43. The zero-order valence-corrected chi connectivity index (χ0v) is 9.34. The smallest absolute Gasteiger partial charge is 0.133 e. The molecule has 1 aromatic carbocycles. The van der Waals surface area contributed by atoms with E-state index in [0.717, 1.165) is 29.9 Å². The van der Waals surface area contributed by atoms with Gasteiger partial charge in [0.25, 0.3) is 0 Å². The van der Waals surface area contributed by atoms with Crippen LogP contribution in [0.2, 0.25) is 5.02 Å². The van der Waals surface area contributed by atoms with Gasteiger partial charge in [0.15, 0.2) is 0 Å². The number of H-pyrrole nitrogens is 1. The highest BCUT2D eigenvalue weighted by Gasteiger charge is 2.05. The van der Waals surface area contributed by atoms with Crippen LogP contribution < -0.4 is 0 Å². The largest absolute Gasteiger partial charge is 0.374 e. The summed E-state index contributed by atoms with van der Waals surface area (Å²) < 4.78 is 5.40. The third-order valence-corrected chi connectivity index (χ3v) is 2.40. The topological polar surface area (TPSA) is 37.9 Å². The number of nitrogens with one attached hydrogen (secondary N) is 1. The lowest BCUT2D eigenvalue weighted by Crippen LogP contribution is -1.95. The number of nitrogens with zero attached hydrogens (tertiary/aromatic N) is 1. The van der Waals surface area contributed by atoms with Crippen molar-refractivity contribution in [2.24, 2.45) is 0 Å². The maximum absolute atomic E-state index is 6.01. The number of aromatic amines is 1. The maximum Gasteiger partial charge on any atom is 0.133 e. The second-order valence-corrected chi connectivity index (χ2v) is 3.78. The molecule has 0 aliphatic carbocycles. The second kappa shape index (κ2) is 4.64. The molecule has 0 saturated heterocycles. The van der Waals surface area contributed by atoms with Gasteiger partial charge in [-0.15, -0.1) is 0 Å². The van der Waals surface area contributed by atoms with Crippen molar-refractivity contribution in [3.05, 3.63) is 29.0 Å². The number of hydrogen-bond donors (Lipinski definition) is 1. The van der Waals surface area contributed by atoms with Gasteiger partial charge in [-0.1, -0.05) is 24.6 Å². The first-order chi connectivity index (χ1) is 7.31. The lowest BCUT2D eigenvalue weighted by atomic mass is 10.3. The van der Waals surface area contributed by atoms with E-state index in [1.807, 2.05) is 18.2 Å². The van der Waals surface area contributed by atoms with Gasteiger partial charge < -0.3 is 9.72 Å². The lowest BCUT2D eigenvalue weighted by molar-refractivity contribution is 0.117. The van der Waals surface area contributed by atoms with Gasteiger partial charge in [0.2, 0.25) is 0 Å². The molecule has 1 N–H and O–H groups in total. The van der Waals surface area contributed by atoms with Gasteiger partial charge in [-0.05, 0) is 18.6 Å². The van der Waals surface area contributed by atoms with Gasteiger partial charge in [0.1, 0.15) is 17.9 Å². The SMILES string of the molecule is CCCOCc1nc2c(Cl)cccc2[nH]1. The molecule has 80 valence electrons. The van der Waals surface area contributed by atoms with Crippen molar-refractivity contribution in [3.8, 4) is 0 Å². The second-order valence-electron chi connectivity index (χ2n) is 3.37. The molecule has 1 heterocycles. The molecule has 0 aliphatic rings. The highest BCUT2D eigenvalue weighted by Crippen LogP contribution is 2.20. The molecule has 0 saturated carbocycles. The summed E-state index contributed by atoms with van der Waals surface area (Å²) in [5, 5.41) is 0.672. The average molecular weight is 225 g/mol. The van der Waals surface area contributed by atoms with Gasteiger partial charge in [0.05, 0.1) is 10.5 Å². The minimum atomic E-state index is 0.513. The summed E-state index contributed by atoms with van der Waals surface area (Å²) in [6.45, 7) is 3.35. The molecule has 0 aliphatic heterocycles. The average Bonchev–Trinajstić information content (AvgIpc) is 2.63. The molecule has 0 amide bonds. The number of ether oxygens (including phenoxy) is 1. The number of benzene rings is 1. The molecule has 1 aromatic heterocycles. The van der Waals surface area contributed by atoms with E-state index >= 15 is 0 Å². The third-order valence-electron chi connectivity index (χ3n) is 2.10. The van der Waals surface area contributed by atoms with Crippen molar-refractivity contribution in [3.63, 3.8) is 0 Å². The van der Waals surface area contributed by atoms with E-state index in [1.165, 1.54) is 0 Å². The molecule has 3 nitrogen and oxygen atoms in total. The number of halogens is 1. The molecule has 15 heavy (non-hydrogen) atoms. The van der Waals surface area contributed by atoms with E-state index in [2.05, 4.69) is 16.9 Å². The van der Waals surface area contributed by atoms with Crippen LogP contribution in [0.4, 0.5) is 0 Å². The first-order valence-corrected chi connectivity index (χ1v) is 5.40. The molecule has 0 fully saturated rings. The minimum absolute atomic E-state index is 0.513. The van der Waals surface area contributed by atoms with Crippen LogP contribution in [0.5, 0.6) is 0 Å². The number of hydrogen-bond acceptors (Lipinski definition) is 2. The first-order valence-electron chi connectivity index (χ1n) is 5.02. The van der Waals surface area contributed by atoms with Crippen LogP contribution in [0.15, 0.2) is 18.2 Å². The Balaban J connectivity index is 2.20.